The van der Waals surface area contributed by atoms with Crippen LogP contribution in [0.1, 0.15) is 55.1 Å². The lowest BCUT2D eigenvalue weighted by molar-refractivity contribution is 0.103. The first-order chi connectivity index (χ1) is 9.99. The summed E-state index contributed by atoms with van der Waals surface area (Å²) in [4.78, 5) is 12.6. The van der Waals surface area contributed by atoms with Crippen molar-refractivity contribution in [1.82, 2.24) is 0 Å². The zero-order valence-electron chi connectivity index (χ0n) is 13.1. The van der Waals surface area contributed by atoms with E-state index < -0.39 is 0 Å². The van der Waals surface area contributed by atoms with Crippen molar-refractivity contribution in [3.05, 3.63) is 65.2 Å². The summed E-state index contributed by atoms with van der Waals surface area (Å²) in [6.45, 7) is 8.20. The van der Waals surface area contributed by atoms with Gasteiger partial charge in [0.05, 0.1) is 11.7 Å². The van der Waals surface area contributed by atoms with E-state index in [4.69, 9.17) is 4.74 Å². The molecule has 21 heavy (non-hydrogen) atoms. The summed E-state index contributed by atoms with van der Waals surface area (Å²) in [6.07, 6.45) is 0.0438. The summed E-state index contributed by atoms with van der Waals surface area (Å²) < 4.78 is 5.73. The maximum absolute atomic E-state index is 12.6. The van der Waals surface area contributed by atoms with E-state index in [0.717, 1.165) is 0 Å². The highest BCUT2D eigenvalue weighted by atomic mass is 16.5. The molecule has 0 fully saturated rings. The van der Waals surface area contributed by atoms with Crippen LogP contribution in [0.5, 0.6) is 5.75 Å². The van der Waals surface area contributed by atoms with Crippen LogP contribution >= 0.6 is 0 Å². The van der Waals surface area contributed by atoms with E-state index in [1.54, 1.807) is 0 Å². The Hall–Kier alpha value is -2.09. The summed E-state index contributed by atoms with van der Waals surface area (Å²) >= 11 is 0. The molecule has 0 aliphatic rings. The van der Waals surface area contributed by atoms with Crippen LogP contribution in [0.4, 0.5) is 0 Å². The van der Waals surface area contributed by atoms with Crippen LogP contribution in [0.15, 0.2) is 48.5 Å². The van der Waals surface area contributed by atoms with Crippen LogP contribution in [0.2, 0.25) is 0 Å². The monoisotopic (exact) mass is 282 g/mol. The molecule has 0 amide bonds. The van der Waals surface area contributed by atoms with Gasteiger partial charge in [-0.25, -0.2) is 0 Å². The van der Waals surface area contributed by atoms with Crippen LogP contribution < -0.4 is 4.74 Å². The summed E-state index contributed by atoms with van der Waals surface area (Å²) in [5.41, 5.74) is 2.54. The number of carbonyl (C=O) groups is 1. The van der Waals surface area contributed by atoms with E-state index >= 15 is 0 Å². The molecule has 110 valence electrons. The lowest BCUT2D eigenvalue weighted by atomic mass is 9.97. The maximum atomic E-state index is 12.6. The van der Waals surface area contributed by atoms with E-state index in [0.29, 0.717) is 22.8 Å². The topological polar surface area (TPSA) is 26.3 Å². The first-order valence-corrected chi connectivity index (χ1v) is 7.39. The standard InChI is InChI=1S/C19H22O2/c1-13(2)15-9-11-16(12-10-15)19(20)17-7-5-6-8-18(17)21-14(3)4/h5-14H,1-4H3. The third kappa shape index (κ3) is 3.72. The number of rotatable bonds is 5. The van der Waals surface area contributed by atoms with Gasteiger partial charge in [-0.1, -0.05) is 50.2 Å². The zero-order chi connectivity index (χ0) is 15.4. The summed E-state index contributed by atoms with van der Waals surface area (Å²) in [6, 6.07) is 15.2. The molecule has 0 radical (unpaired) electrons. The van der Waals surface area contributed by atoms with Crippen LogP contribution in [-0.4, -0.2) is 11.9 Å². The predicted molar refractivity (Wildman–Crippen MR) is 86.2 cm³/mol. The minimum absolute atomic E-state index is 0.00144. The van der Waals surface area contributed by atoms with Gasteiger partial charge in [-0.2, -0.15) is 0 Å². The zero-order valence-corrected chi connectivity index (χ0v) is 13.1. The highest BCUT2D eigenvalue weighted by Crippen LogP contribution is 2.23. The van der Waals surface area contributed by atoms with Crippen molar-refractivity contribution in [1.29, 1.82) is 0 Å². The second-order valence-electron chi connectivity index (χ2n) is 5.77. The first-order valence-electron chi connectivity index (χ1n) is 7.39. The second kappa shape index (κ2) is 6.57. The number of ketones is 1. The Kier molecular flexibility index (Phi) is 4.79. The van der Waals surface area contributed by atoms with E-state index in [9.17, 15) is 4.79 Å². The first kappa shape index (κ1) is 15.3. The SMILES string of the molecule is CC(C)Oc1ccccc1C(=O)c1ccc(C(C)C)cc1. The minimum atomic E-state index is 0.00144. The molecule has 0 bridgehead atoms. The van der Waals surface area contributed by atoms with Gasteiger partial charge in [0.25, 0.3) is 0 Å². The predicted octanol–water partition coefficient (Wildman–Crippen LogP) is 4.83. The molecule has 0 unspecified atom stereocenters. The Morgan fingerprint density at radius 1 is 0.905 bits per heavy atom. The van der Waals surface area contributed by atoms with Gasteiger partial charge in [0, 0.05) is 5.56 Å². The smallest absolute Gasteiger partial charge is 0.196 e. The number of hydrogen-bond donors (Lipinski definition) is 0. The fourth-order valence-corrected chi connectivity index (χ4v) is 2.19. The van der Waals surface area contributed by atoms with Gasteiger partial charge in [0.2, 0.25) is 0 Å². The number of para-hydroxylation sites is 1. The molecule has 2 aromatic rings. The Labute approximate surface area is 126 Å². The Bertz CT molecular complexity index is 610. The molecule has 0 N–H and O–H groups in total. The van der Waals surface area contributed by atoms with Crippen molar-refractivity contribution in [2.24, 2.45) is 0 Å². The molecule has 0 aliphatic heterocycles. The Morgan fingerprint density at radius 3 is 2.10 bits per heavy atom. The van der Waals surface area contributed by atoms with Crippen molar-refractivity contribution < 1.29 is 9.53 Å². The Morgan fingerprint density at radius 2 is 1.52 bits per heavy atom. The third-order valence-electron chi connectivity index (χ3n) is 3.33. The van der Waals surface area contributed by atoms with E-state index in [1.807, 2.05) is 62.4 Å². The van der Waals surface area contributed by atoms with Gasteiger partial charge in [0.1, 0.15) is 5.75 Å². The van der Waals surface area contributed by atoms with Crippen molar-refractivity contribution in [3.63, 3.8) is 0 Å². The average molecular weight is 282 g/mol. The lowest BCUT2D eigenvalue weighted by Gasteiger charge is -2.13. The van der Waals surface area contributed by atoms with Crippen LogP contribution in [0.25, 0.3) is 0 Å². The number of hydrogen-bond acceptors (Lipinski definition) is 2. The van der Waals surface area contributed by atoms with Crippen molar-refractivity contribution in [2.45, 2.75) is 39.7 Å². The van der Waals surface area contributed by atoms with E-state index in [2.05, 4.69) is 13.8 Å². The molecule has 2 aromatic carbocycles. The van der Waals surface area contributed by atoms with Crippen molar-refractivity contribution >= 4 is 5.78 Å². The second-order valence-corrected chi connectivity index (χ2v) is 5.77. The molecular formula is C19H22O2. The highest BCUT2D eigenvalue weighted by molar-refractivity contribution is 6.10. The molecular weight excluding hydrogens is 260 g/mol. The molecule has 0 aliphatic carbocycles. The quantitative estimate of drug-likeness (QED) is 0.734. The van der Waals surface area contributed by atoms with Crippen molar-refractivity contribution in [2.75, 3.05) is 0 Å². The van der Waals surface area contributed by atoms with Gasteiger partial charge in [0.15, 0.2) is 5.78 Å². The minimum Gasteiger partial charge on any atom is -0.490 e. The fourth-order valence-electron chi connectivity index (χ4n) is 2.19. The van der Waals surface area contributed by atoms with Crippen molar-refractivity contribution in [3.8, 4) is 5.75 Å². The van der Waals surface area contributed by atoms with Gasteiger partial charge in [-0.15, -0.1) is 0 Å². The van der Waals surface area contributed by atoms with E-state index in [1.165, 1.54) is 5.56 Å². The summed E-state index contributed by atoms with van der Waals surface area (Å²) in [5.74, 6) is 1.11. The molecule has 0 saturated heterocycles. The summed E-state index contributed by atoms with van der Waals surface area (Å²) in [5, 5.41) is 0. The molecule has 0 saturated carbocycles. The van der Waals surface area contributed by atoms with Crippen LogP contribution in [-0.2, 0) is 0 Å². The number of benzene rings is 2. The van der Waals surface area contributed by atoms with Crippen LogP contribution in [0, 0.1) is 0 Å². The molecule has 2 rings (SSSR count). The summed E-state index contributed by atoms with van der Waals surface area (Å²) in [7, 11) is 0. The van der Waals surface area contributed by atoms with Crippen LogP contribution in [0.3, 0.4) is 0 Å². The Balaban J connectivity index is 2.31. The fraction of sp³-hybridized carbons (Fsp3) is 0.316. The number of ether oxygens (including phenoxy) is 1. The molecule has 0 heterocycles. The molecule has 0 aromatic heterocycles. The molecule has 2 nitrogen and oxygen atoms in total. The average Bonchev–Trinajstić information content (AvgIpc) is 2.46. The lowest BCUT2D eigenvalue weighted by Crippen LogP contribution is -2.10. The third-order valence-corrected chi connectivity index (χ3v) is 3.33. The van der Waals surface area contributed by atoms with E-state index in [-0.39, 0.29) is 11.9 Å². The van der Waals surface area contributed by atoms with Gasteiger partial charge >= 0.3 is 0 Å². The normalized spacial score (nSPS) is 11.0. The molecule has 0 spiro atoms. The van der Waals surface area contributed by atoms with Gasteiger partial charge in [-0.05, 0) is 37.5 Å². The molecule has 2 heteroatoms. The number of carbonyl (C=O) groups excluding carboxylic acids is 1. The molecule has 0 atom stereocenters. The highest BCUT2D eigenvalue weighted by Gasteiger charge is 2.15. The maximum Gasteiger partial charge on any atom is 0.196 e. The van der Waals surface area contributed by atoms with Gasteiger partial charge < -0.3 is 4.74 Å². The van der Waals surface area contributed by atoms with Gasteiger partial charge in [-0.3, -0.25) is 4.79 Å². The largest absolute Gasteiger partial charge is 0.490 e.